The maximum atomic E-state index is 12.9. The third kappa shape index (κ3) is 2.24. The first kappa shape index (κ1) is 16.3. The van der Waals surface area contributed by atoms with E-state index in [0.29, 0.717) is 0 Å². The second kappa shape index (κ2) is 5.53. The van der Waals surface area contributed by atoms with Gasteiger partial charge in [0.05, 0.1) is 12.3 Å². The lowest BCUT2D eigenvalue weighted by Crippen LogP contribution is -2.39. The third-order valence-corrected chi connectivity index (χ3v) is 5.41. The lowest BCUT2D eigenvalue weighted by Gasteiger charge is -2.29. The molecule has 0 saturated carbocycles. The average Bonchev–Trinajstić information content (AvgIpc) is 2.94. The largest absolute Gasteiger partial charge is 0.461 e. The van der Waals surface area contributed by atoms with Gasteiger partial charge in [-0.3, -0.25) is 0 Å². The number of hydrogen-bond acceptors (Lipinski definition) is 5. The Kier molecular flexibility index (Phi) is 3.77. The summed E-state index contributed by atoms with van der Waals surface area (Å²) in [5.41, 5.74) is 5.23. The molecule has 2 amide bonds. The van der Waals surface area contributed by atoms with Crippen LogP contribution in [0.3, 0.4) is 0 Å². The number of hydrogen-bond donors (Lipinski definition) is 1. The molecule has 2 N–H and O–H groups in total. The van der Waals surface area contributed by atoms with Gasteiger partial charge in [-0.2, -0.15) is 0 Å². The van der Waals surface area contributed by atoms with Crippen molar-refractivity contribution in [1.29, 1.82) is 0 Å². The van der Waals surface area contributed by atoms with Gasteiger partial charge in [-0.25, -0.2) is 26.9 Å². The number of ether oxygens (including phenoxy) is 1. The molecule has 8 nitrogen and oxygen atoms in total. The van der Waals surface area contributed by atoms with E-state index >= 15 is 0 Å². The van der Waals surface area contributed by atoms with E-state index in [1.165, 1.54) is 30.3 Å². The van der Waals surface area contributed by atoms with Gasteiger partial charge in [0.1, 0.15) is 16.4 Å². The van der Waals surface area contributed by atoms with Gasteiger partial charge < -0.3 is 10.5 Å². The monoisotopic (exact) mass is 369 g/mol. The summed E-state index contributed by atoms with van der Waals surface area (Å²) in [5.74, 6) is -0.900. The Morgan fingerprint density at radius 3 is 2.58 bits per heavy atom. The van der Waals surface area contributed by atoms with Gasteiger partial charge in [0.25, 0.3) is 10.0 Å². The molecule has 2 heterocycles. The van der Waals surface area contributed by atoms with E-state index in [4.69, 9.17) is 22.1 Å². The molecule has 126 valence electrons. The van der Waals surface area contributed by atoms with E-state index in [9.17, 15) is 18.0 Å². The zero-order chi connectivity index (χ0) is 17.6. The number of fused-ring (bicyclic) bond motifs is 2. The zero-order valence-corrected chi connectivity index (χ0v) is 14.0. The normalized spacial score (nSPS) is 14.7. The molecule has 0 bridgehead atoms. The molecule has 1 aromatic carbocycles. The number of carbonyl (C=O) groups excluding carboxylic acids is 2. The lowest BCUT2D eigenvalue weighted by atomic mass is 10.3. The van der Waals surface area contributed by atoms with Crippen LogP contribution in [0.4, 0.5) is 16.3 Å². The van der Waals surface area contributed by atoms with Crippen LogP contribution in [0, 0.1) is 0 Å². The molecule has 10 heteroatoms. The lowest BCUT2D eigenvalue weighted by molar-refractivity contribution is 0.0518. The number of halogens is 1. The first-order chi connectivity index (χ1) is 11.3. The van der Waals surface area contributed by atoms with Gasteiger partial charge in [-0.05, 0) is 37.3 Å². The Hall–Kier alpha value is -2.52. The van der Waals surface area contributed by atoms with Crippen LogP contribution in [0.1, 0.15) is 17.4 Å². The number of nitrogens with two attached hydrogens (primary N) is 1. The number of anilines is 2. The van der Waals surface area contributed by atoms with Crippen molar-refractivity contribution < 1.29 is 22.7 Å². The molecular formula is C14H12ClN3O5S. The highest BCUT2D eigenvalue weighted by Gasteiger charge is 2.39. The minimum Gasteiger partial charge on any atom is -0.461 e. The van der Waals surface area contributed by atoms with Crippen molar-refractivity contribution in [3.8, 4) is 0 Å². The Labute approximate surface area is 142 Å². The molecule has 1 aliphatic heterocycles. The van der Waals surface area contributed by atoms with Crippen molar-refractivity contribution in [2.24, 2.45) is 5.73 Å². The van der Waals surface area contributed by atoms with E-state index in [0.717, 1.165) is 8.87 Å². The molecule has 0 radical (unpaired) electrons. The highest BCUT2D eigenvalue weighted by molar-refractivity contribution is 7.90. The van der Waals surface area contributed by atoms with Gasteiger partial charge in [-0.1, -0.05) is 11.6 Å². The second-order valence-corrected chi connectivity index (χ2v) is 7.04. The Morgan fingerprint density at radius 2 is 1.96 bits per heavy atom. The Morgan fingerprint density at radius 1 is 1.25 bits per heavy atom. The maximum absolute atomic E-state index is 12.9. The van der Waals surface area contributed by atoms with E-state index in [-0.39, 0.29) is 33.7 Å². The molecule has 24 heavy (non-hydrogen) atoms. The van der Waals surface area contributed by atoms with Crippen LogP contribution in [0.5, 0.6) is 0 Å². The van der Waals surface area contributed by atoms with E-state index < -0.39 is 22.0 Å². The summed E-state index contributed by atoms with van der Waals surface area (Å²) in [6, 6.07) is 5.68. The van der Waals surface area contributed by atoms with Crippen LogP contribution in [0.25, 0.3) is 0 Å². The minimum atomic E-state index is -4.16. The van der Waals surface area contributed by atoms with E-state index in [1.807, 2.05) is 0 Å². The number of nitrogens with zero attached hydrogens (tertiary/aromatic N) is 2. The second-order valence-electron chi connectivity index (χ2n) is 4.85. The molecular weight excluding hydrogens is 358 g/mol. The predicted molar refractivity (Wildman–Crippen MR) is 86.1 cm³/mol. The fraction of sp³-hybridized carbons (Fsp3) is 0.143. The first-order valence-corrected chi connectivity index (χ1v) is 8.64. The quantitative estimate of drug-likeness (QED) is 0.814. The molecule has 1 aliphatic rings. The standard InChI is InChI=1S/C14H12ClN3O5S/c1-2-23-13(19)10-5-6-12-17(14(16)20)9-4-3-8(15)7-11(9)24(21,22)18(10)12/h3-7H,2H2,1H3,(H2,16,20). The van der Waals surface area contributed by atoms with Crippen molar-refractivity contribution in [3.05, 3.63) is 41.0 Å². The highest BCUT2D eigenvalue weighted by Crippen LogP contribution is 2.41. The summed E-state index contributed by atoms with van der Waals surface area (Å²) in [4.78, 5) is 24.7. The topological polar surface area (TPSA) is 112 Å². The predicted octanol–water partition coefficient (Wildman–Crippen LogP) is 2.09. The van der Waals surface area contributed by atoms with Crippen molar-refractivity contribution in [1.82, 2.24) is 3.97 Å². The number of primary amides is 1. The summed E-state index contributed by atoms with van der Waals surface area (Å²) in [7, 11) is -4.16. The molecule has 0 atom stereocenters. The summed E-state index contributed by atoms with van der Waals surface area (Å²) >= 11 is 5.88. The minimum absolute atomic E-state index is 0.0629. The zero-order valence-electron chi connectivity index (χ0n) is 12.4. The Balaban J connectivity index is 2.34. The van der Waals surface area contributed by atoms with Gasteiger partial charge in [0.2, 0.25) is 0 Å². The van der Waals surface area contributed by atoms with Crippen LogP contribution >= 0.6 is 11.6 Å². The van der Waals surface area contributed by atoms with Gasteiger partial charge >= 0.3 is 12.0 Å². The third-order valence-electron chi connectivity index (χ3n) is 3.43. The SMILES string of the molecule is CCOC(=O)c1ccc2n1S(=O)(=O)c1cc(Cl)ccc1N2C(N)=O. The average molecular weight is 370 g/mol. The van der Waals surface area contributed by atoms with Crippen molar-refractivity contribution in [2.45, 2.75) is 11.8 Å². The number of aromatic nitrogens is 1. The van der Waals surface area contributed by atoms with Gasteiger partial charge in [-0.15, -0.1) is 0 Å². The number of carbonyl (C=O) groups is 2. The van der Waals surface area contributed by atoms with Crippen molar-refractivity contribution in [3.63, 3.8) is 0 Å². The van der Waals surface area contributed by atoms with Gasteiger partial charge in [0.15, 0.2) is 0 Å². The van der Waals surface area contributed by atoms with Crippen LogP contribution in [-0.4, -0.2) is 31.0 Å². The molecule has 0 unspecified atom stereocenters. The Bertz CT molecular complexity index is 967. The molecule has 0 aliphatic carbocycles. The molecule has 3 rings (SSSR count). The van der Waals surface area contributed by atoms with Crippen molar-refractivity contribution >= 4 is 45.1 Å². The molecule has 1 aromatic heterocycles. The number of amides is 2. The maximum Gasteiger partial charge on any atom is 0.356 e. The highest BCUT2D eigenvalue weighted by atomic mass is 35.5. The van der Waals surface area contributed by atoms with Crippen LogP contribution < -0.4 is 10.6 Å². The fourth-order valence-electron chi connectivity index (χ4n) is 2.52. The fourth-order valence-corrected chi connectivity index (χ4v) is 4.44. The number of rotatable bonds is 2. The van der Waals surface area contributed by atoms with Crippen LogP contribution in [0.2, 0.25) is 5.02 Å². The molecule has 0 fully saturated rings. The summed E-state index contributed by atoms with van der Waals surface area (Å²) in [6.07, 6.45) is 0. The summed E-state index contributed by atoms with van der Waals surface area (Å²) < 4.78 is 31.4. The summed E-state index contributed by atoms with van der Waals surface area (Å²) in [5, 5.41) is 0.162. The van der Waals surface area contributed by atoms with Crippen LogP contribution in [0.15, 0.2) is 35.2 Å². The number of benzene rings is 1. The van der Waals surface area contributed by atoms with Gasteiger partial charge in [0, 0.05) is 5.02 Å². The number of urea groups is 1. The smallest absolute Gasteiger partial charge is 0.356 e. The van der Waals surface area contributed by atoms with Crippen LogP contribution in [-0.2, 0) is 14.8 Å². The van der Waals surface area contributed by atoms with E-state index in [2.05, 4.69) is 0 Å². The molecule has 0 saturated heterocycles. The van der Waals surface area contributed by atoms with Crippen molar-refractivity contribution in [2.75, 3.05) is 11.5 Å². The molecule has 0 spiro atoms. The first-order valence-electron chi connectivity index (χ1n) is 6.82. The number of esters is 1. The summed E-state index contributed by atoms with van der Waals surface area (Å²) in [6.45, 7) is 1.67. The van der Waals surface area contributed by atoms with E-state index in [1.54, 1.807) is 6.92 Å². The molecule has 2 aromatic rings.